The lowest BCUT2D eigenvalue weighted by Gasteiger charge is -2.07. The zero-order valence-electron chi connectivity index (χ0n) is 5.43. The first-order valence-electron chi connectivity index (χ1n) is 2.61. The van der Waals surface area contributed by atoms with Gasteiger partial charge in [0, 0.05) is 4.91 Å². The van der Waals surface area contributed by atoms with Crippen LogP contribution in [0.15, 0.2) is 5.11 Å². The lowest BCUT2D eigenvalue weighted by atomic mass is 10.2. The fourth-order valence-electron chi connectivity index (χ4n) is 0.447. The Balaban J connectivity index is 4.26. The van der Waals surface area contributed by atoms with E-state index in [9.17, 15) is 4.79 Å². The normalized spacial score (nSPS) is 15.0. The smallest absolute Gasteiger partial charge is 0.229 e. The van der Waals surface area contributed by atoms with Gasteiger partial charge in [0.25, 0.3) is 0 Å². The number of carbonyl (C=O) groups excluding carboxylic acids is 1. The van der Waals surface area contributed by atoms with Crippen LogP contribution >= 0.6 is 0 Å². The fraction of sp³-hybridized carbons (Fsp3) is 0.750. The van der Waals surface area contributed by atoms with E-state index in [1.807, 2.05) is 0 Å². The van der Waals surface area contributed by atoms with Crippen LogP contribution in [0.2, 0.25) is 0 Å². The zero-order valence-corrected chi connectivity index (χ0v) is 5.43. The van der Waals surface area contributed by atoms with Crippen LogP contribution in [-0.4, -0.2) is 23.2 Å². The predicted molar refractivity (Wildman–Crippen MR) is 33.8 cm³/mol. The van der Waals surface area contributed by atoms with Gasteiger partial charge in [-0.25, -0.2) is 0 Å². The molecule has 0 aromatic rings. The summed E-state index contributed by atoms with van der Waals surface area (Å²) in [5.74, 6) is -0.826. The molecule has 0 bridgehead atoms. The summed E-state index contributed by atoms with van der Waals surface area (Å²) < 4.78 is 0. The van der Waals surface area contributed by atoms with Crippen LogP contribution in [0.3, 0.4) is 0 Å². The van der Waals surface area contributed by atoms with E-state index < -0.39 is 18.1 Å². The molecule has 0 fully saturated rings. The second-order valence-corrected chi connectivity index (χ2v) is 1.79. The molecular weight excluding hydrogens is 136 g/mol. The molecule has 0 aromatic heterocycles. The summed E-state index contributed by atoms with van der Waals surface area (Å²) in [5, 5.41) is 11.7. The first kappa shape index (κ1) is 8.74. The number of amides is 1. The highest BCUT2D eigenvalue weighted by Crippen LogP contribution is 1.96. The molecule has 0 spiro atoms. The molecule has 0 saturated heterocycles. The standard InChI is InChI=1S/C4H8N4O2/c1-2(9)3(4(5)10)7-8-6/h2-3,9H,1H3,(H2,5,10)/t2-,3-/m1/s1. The third-order valence-corrected chi connectivity index (χ3v) is 0.924. The predicted octanol–water partition coefficient (Wildman–Crippen LogP) is -0.469. The molecule has 10 heavy (non-hydrogen) atoms. The first-order chi connectivity index (χ1) is 4.59. The summed E-state index contributed by atoms with van der Waals surface area (Å²) in [6, 6.07) is -1.16. The third-order valence-electron chi connectivity index (χ3n) is 0.924. The molecule has 0 saturated carbocycles. The van der Waals surface area contributed by atoms with Crippen molar-refractivity contribution in [3.8, 4) is 0 Å². The highest BCUT2D eigenvalue weighted by molar-refractivity contribution is 5.80. The van der Waals surface area contributed by atoms with E-state index in [-0.39, 0.29) is 0 Å². The maximum Gasteiger partial charge on any atom is 0.229 e. The molecule has 6 nitrogen and oxygen atoms in total. The maximum absolute atomic E-state index is 10.3. The van der Waals surface area contributed by atoms with Crippen molar-refractivity contribution in [3.63, 3.8) is 0 Å². The van der Waals surface area contributed by atoms with E-state index in [4.69, 9.17) is 16.4 Å². The average Bonchev–Trinajstić information content (AvgIpc) is 1.81. The van der Waals surface area contributed by atoms with E-state index in [2.05, 4.69) is 10.0 Å². The highest BCUT2D eigenvalue weighted by Gasteiger charge is 2.18. The minimum Gasteiger partial charge on any atom is -0.392 e. The molecule has 0 radical (unpaired) electrons. The average molecular weight is 144 g/mol. The third kappa shape index (κ3) is 2.34. The van der Waals surface area contributed by atoms with E-state index >= 15 is 0 Å². The van der Waals surface area contributed by atoms with Crippen LogP contribution in [0.25, 0.3) is 10.4 Å². The minimum atomic E-state index is -1.16. The van der Waals surface area contributed by atoms with Crippen molar-refractivity contribution in [2.24, 2.45) is 10.8 Å². The quantitative estimate of drug-likeness (QED) is 0.317. The van der Waals surface area contributed by atoms with Crippen molar-refractivity contribution in [1.82, 2.24) is 0 Å². The number of nitrogens with two attached hydrogens (primary N) is 1. The number of hydrogen-bond acceptors (Lipinski definition) is 3. The number of azide groups is 1. The molecule has 0 unspecified atom stereocenters. The first-order valence-corrected chi connectivity index (χ1v) is 2.61. The molecule has 0 aromatic carbocycles. The van der Waals surface area contributed by atoms with Crippen LogP contribution in [0.1, 0.15) is 6.92 Å². The Kier molecular flexibility index (Phi) is 3.24. The van der Waals surface area contributed by atoms with Crippen molar-refractivity contribution < 1.29 is 9.90 Å². The van der Waals surface area contributed by atoms with Gasteiger partial charge in [0.2, 0.25) is 5.91 Å². The Hall–Kier alpha value is -1.26. The van der Waals surface area contributed by atoms with E-state index in [1.54, 1.807) is 0 Å². The minimum absolute atomic E-state index is 0.826. The zero-order chi connectivity index (χ0) is 8.15. The van der Waals surface area contributed by atoms with Crippen LogP contribution in [0, 0.1) is 0 Å². The van der Waals surface area contributed by atoms with Gasteiger partial charge < -0.3 is 10.8 Å². The van der Waals surface area contributed by atoms with Crippen molar-refractivity contribution in [1.29, 1.82) is 0 Å². The maximum atomic E-state index is 10.3. The summed E-state index contributed by atoms with van der Waals surface area (Å²) in [4.78, 5) is 12.7. The summed E-state index contributed by atoms with van der Waals surface area (Å²) in [5.41, 5.74) is 12.6. The number of aliphatic hydroxyl groups excluding tert-OH is 1. The molecule has 1 amide bonds. The number of nitrogens with zero attached hydrogens (tertiary/aromatic N) is 3. The van der Waals surface area contributed by atoms with Gasteiger partial charge in [-0.15, -0.1) is 0 Å². The van der Waals surface area contributed by atoms with Gasteiger partial charge in [-0.2, -0.15) is 0 Å². The lowest BCUT2D eigenvalue weighted by molar-refractivity contribution is -0.121. The lowest BCUT2D eigenvalue weighted by Crippen LogP contribution is -2.35. The topological polar surface area (TPSA) is 112 Å². The van der Waals surface area contributed by atoms with Crippen LogP contribution < -0.4 is 5.73 Å². The number of rotatable bonds is 3. The van der Waals surface area contributed by atoms with Gasteiger partial charge in [0.1, 0.15) is 6.04 Å². The van der Waals surface area contributed by atoms with Crippen molar-refractivity contribution in [3.05, 3.63) is 10.4 Å². The number of primary amides is 1. The van der Waals surface area contributed by atoms with E-state index in [1.165, 1.54) is 6.92 Å². The number of hydrogen-bond donors (Lipinski definition) is 2. The Morgan fingerprint density at radius 1 is 1.90 bits per heavy atom. The number of carbonyl (C=O) groups is 1. The second kappa shape index (κ2) is 3.71. The van der Waals surface area contributed by atoms with Crippen molar-refractivity contribution >= 4 is 5.91 Å². The molecule has 0 aliphatic heterocycles. The van der Waals surface area contributed by atoms with Gasteiger partial charge in [-0.1, -0.05) is 5.11 Å². The van der Waals surface area contributed by atoms with Gasteiger partial charge in [0.15, 0.2) is 0 Å². The van der Waals surface area contributed by atoms with E-state index in [0.29, 0.717) is 0 Å². The summed E-state index contributed by atoms with van der Waals surface area (Å²) in [7, 11) is 0. The highest BCUT2D eigenvalue weighted by atomic mass is 16.3. The van der Waals surface area contributed by atoms with Crippen LogP contribution in [0.5, 0.6) is 0 Å². The summed E-state index contributed by atoms with van der Waals surface area (Å²) in [6.07, 6.45) is -1.03. The van der Waals surface area contributed by atoms with E-state index in [0.717, 1.165) is 0 Å². The molecule has 6 heteroatoms. The molecule has 3 N–H and O–H groups in total. The van der Waals surface area contributed by atoms with Gasteiger partial charge >= 0.3 is 0 Å². The largest absolute Gasteiger partial charge is 0.392 e. The molecule has 0 aliphatic rings. The van der Waals surface area contributed by atoms with Crippen LogP contribution in [-0.2, 0) is 4.79 Å². The second-order valence-electron chi connectivity index (χ2n) is 1.79. The SMILES string of the molecule is C[C@@H](O)[C@@H](N=[N+]=[N-])C(N)=O. The Morgan fingerprint density at radius 2 is 2.40 bits per heavy atom. The molecule has 0 aliphatic carbocycles. The van der Waals surface area contributed by atoms with Crippen molar-refractivity contribution in [2.45, 2.75) is 19.1 Å². The van der Waals surface area contributed by atoms with Gasteiger partial charge in [-0.3, -0.25) is 4.79 Å². The Bertz CT molecular complexity index is 170. The number of aliphatic hydroxyl groups is 1. The Labute approximate surface area is 57.3 Å². The fourth-order valence-corrected chi connectivity index (χ4v) is 0.447. The van der Waals surface area contributed by atoms with Crippen molar-refractivity contribution in [2.75, 3.05) is 0 Å². The summed E-state index contributed by atoms with van der Waals surface area (Å²) >= 11 is 0. The molecular formula is C4H8N4O2. The summed E-state index contributed by atoms with van der Waals surface area (Å²) in [6.45, 7) is 1.32. The molecule has 0 rings (SSSR count). The monoisotopic (exact) mass is 144 g/mol. The Morgan fingerprint density at radius 3 is 2.50 bits per heavy atom. The van der Waals surface area contributed by atoms with Crippen LogP contribution in [0.4, 0.5) is 0 Å². The molecule has 0 heterocycles. The van der Waals surface area contributed by atoms with Gasteiger partial charge in [-0.05, 0) is 12.5 Å². The molecule has 2 atom stereocenters. The van der Waals surface area contributed by atoms with Gasteiger partial charge in [0.05, 0.1) is 6.10 Å². The molecule has 56 valence electrons.